The molecule has 2 heterocycles. The van der Waals surface area contributed by atoms with E-state index in [0.717, 1.165) is 31.7 Å². The maximum Gasteiger partial charge on any atom is 0.573 e. The van der Waals surface area contributed by atoms with Crippen molar-refractivity contribution in [1.29, 1.82) is 0 Å². The number of rotatable bonds is 4. The van der Waals surface area contributed by atoms with E-state index >= 15 is 0 Å². The van der Waals surface area contributed by atoms with Gasteiger partial charge in [-0.2, -0.15) is 0 Å². The van der Waals surface area contributed by atoms with E-state index in [1.807, 2.05) is 0 Å². The molecule has 0 N–H and O–H groups in total. The van der Waals surface area contributed by atoms with E-state index in [9.17, 15) is 13.2 Å². The number of hydrogen-bond donors (Lipinski definition) is 0. The molecule has 1 aromatic heterocycles. The molecule has 0 aliphatic carbocycles. The van der Waals surface area contributed by atoms with E-state index in [2.05, 4.69) is 19.6 Å². The molecule has 3 rings (SSSR count). The Morgan fingerprint density at radius 2 is 1.67 bits per heavy atom. The average Bonchev–Trinajstić information content (AvgIpc) is 2.57. The van der Waals surface area contributed by atoms with Crippen LogP contribution in [0.1, 0.15) is 12.8 Å². The Balaban J connectivity index is 1.51. The van der Waals surface area contributed by atoms with Gasteiger partial charge < -0.3 is 14.4 Å². The SMILES string of the molecule is FC(F)(F)Oc1ccc(OC2CCN(c3cnccn3)CC2)cc1. The van der Waals surface area contributed by atoms with E-state index in [0.29, 0.717) is 5.75 Å². The third kappa shape index (κ3) is 4.50. The minimum Gasteiger partial charge on any atom is -0.490 e. The van der Waals surface area contributed by atoms with E-state index in [1.165, 1.54) is 24.3 Å². The monoisotopic (exact) mass is 339 g/mol. The first-order chi connectivity index (χ1) is 11.5. The fourth-order valence-electron chi connectivity index (χ4n) is 2.57. The molecular formula is C16H16F3N3O2. The minimum atomic E-state index is -4.68. The lowest BCUT2D eigenvalue weighted by Gasteiger charge is -2.32. The predicted octanol–water partition coefficient (Wildman–Crippen LogP) is 3.42. The minimum absolute atomic E-state index is 0.0207. The van der Waals surface area contributed by atoms with Crippen molar-refractivity contribution in [3.8, 4) is 11.5 Å². The first kappa shape index (κ1) is 16.4. The predicted molar refractivity (Wildman–Crippen MR) is 81.0 cm³/mol. The number of anilines is 1. The van der Waals surface area contributed by atoms with E-state index in [4.69, 9.17) is 4.74 Å². The number of hydrogen-bond acceptors (Lipinski definition) is 5. The average molecular weight is 339 g/mol. The van der Waals surface area contributed by atoms with Gasteiger partial charge >= 0.3 is 6.36 Å². The summed E-state index contributed by atoms with van der Waals surface area (Å²) in [7, 11) is 0. The van der Waals surface area contributed by atoms with Crippen LogP contribution in [0.25, 0.3) is 0 Å². The molecule has 2 aromatic rings. The van der Waals surface area contributed by atoms with Crippen molar-refractivity contribution in [3.05, 3.63) is 42.9 Å². The second kappa shape index (κ2) is 6.94. The van der Waals surface area contributed by atoms with Gasteiger partial charge in [0.25, 0.3) is 0 Å². The molecule has 1 aliphatic rings. The maximum absolute atomic E-state index is 12.1. The van der Waals surface area contributed by atoms with E-state index in [-0.39, 0.29) is 11.9 Å². The summed E-state index contributed by atoms with van der Waals surface area (Å²) in [5, 5.41) is 0. The number of aromatic nitrogens is 2. The van der Waals surface area contributed by atoms with Crippen LogP contribution in [0.3, 0.4) is 0 Å². The van der Waals surface area contributed by atoms with Crippen LogP contribution in [0, 0.1) is 0 Å². The Hall–Kier alpha value is -2.51. The second-order valence-corrected chi connectivity index (χ2v) is 5.39. The van der Waals surface area contributed by atoms with Gasteiger partial charge in [-0.25, -0.2) is 4.98 Å². The smallest absolute Gasteiger partial charge is 0.490 e. The highest BCUT2D eigenvalue weighted by atomic mass is 19.4. The van der Waals surface area contributed by atoms with Crippen molar-refractivity contribution in [2.75, 3.05) is 18.0 Å². The Morgan fingerprint density at radius 1 is 1.00 bits per heavy atom. The number of nitrogens with zero attached hydrogens (tertiary/aromatic N) is 3. The van der Waals surface area contributed by atoms with E-state index < -0.39 is 6.36 Å². The molecule has 5 nitrogen and oxygen atoms in total. The van der Waals surface area contributed by atoms with Crippen LogP contribution in [0.5, 0.6) is 11.5 Å². The topological polar surface area (TPSA) is 47.5 Å². The lowest BCUT2D eigenvalue weighted by molar-refractivity contribution is -0.274. The lowest BCUT2D eigenvalue weighted by atomic mass is 10.1. The van der Waals surface area contributed by atoms with Crippen molar-refractivity contribution >= 4 is 5.82 Å². The molecular weight excluding hydrogens is 323 g/mol. The van der Waals surface area contributed by atoms with E-state index in [1.54, 1.807) is 18.6 Å². The van der Waals surface area contributed by atoms with Crippen molar-refractivity contribution < 1.29 is 22.6 Å². The van der Waals surface area contributed by atoms with Gasteiger partial charge in [0.05, 0.1) is 6.20 Å². The Kier molecular flexibility index (Phi) is 4.73. The van der Waals surface area contributed by atoms with Gasteiger partial charge in [0.1, 0.15) is 23.4 Å². The van der Waals surface area contributed by atoms with Crippen LogP contribution in [0.4, 0.5) is 19.0 Å². The standard InChI is InChI=1S/C16H16F3N3O2/c17-16(18,19)24-14-3-1-12(2-4-14)23-13-5-9-22(10-6-13)15-11-20-7-8-21-15/h1-4,7-8,11,13H,5-6,9-10H2. The molecule has 1 aromatic carbocycles. The zero-order chi connectivity index (χ0) is 17.0. The van der Waals surface area contributed by atoms with Gasteiger partial charge in [0, 0.05) is 38.3 Å². The highest BCUT2D eigenvalue weighted by molar-refractivity contribution is 5.36. The zero-order valence-electron chi connectivity index (χ0n) is 12.7. The maximum atomic E-state index is 12.1. The summed E-state index contributed by atoms with van der Waals surface area (Å²) >= 11 is 0. The zero-order valence-corrected chi connectivity index (χ0v) is 12.7. The quantitative estimate of drug-likeness (QED) is 0.854. The summed E-state index contributed by atoms with van der Waals surface area (Å²) in [6.45, 7) is 1.58. The Bertz CT molecular complexity index is 642. The molecule has 0 amide bonds. The third-order valence-electron chi connectivity index (χ3n) is 3.68. The van der Waals surface area contributed by atoms with Gasteiger partial charge in [0.2, 0.25) is 0 Å². The molecule has 1 saturated heterocycles. The summed E-state index contributed by atoms with van der Waals surface area (Å²) in [6, 6.07) is 5.46. The van der Waals surface area contributed by atoms with Crippen LogP contribution < -0.4 is 14.4 Å². The molecule has 0 spiro atoms. The number of benzene rings is 1. The lowest BCUT2D eigenvalue weighted by Crippen LogP contribution is -2.38. The fraction of sp³-hybridized carbons (Fsp3) is 0.375. The second-order valence-electron chi connectivity index (χ2n) is 5.39. The molecule has 1 aliphatic heterocycles. The largest absolute Gasteiger partial charge is 0.573 e. The molecule has 0 saturated carbocycles. The Labute approximate surface area is 137 Å². The van der Waals surface area contributed by atoms with Crippen molar-refractivity contribution in [1.82, 2.24) is 9.97 Å². The van der Waals surface area contributed by atoms with Crippen LogP contribution in [0.2, 0.25) is 0 Å². The summed E-state index contributed by atoms with van der Waals surface area (Å²) in [5.41, 5.74) is 0. The number of alkyl halides is 3. The number of piperidine rings is 1. The highest BCUT2D eigenvalue weighted by Gasteiger charge is 2.31. The summed E-state index contributed by atoms with van der Waals surface area (Å²) in [6.07, 6.45) is 1.95. The molecule has 0 atom stereocenters. The van der Waals surface area contributed by atoms with Gasteiger partial charge in [-0.3, -0.25) is 4.98 Å². The van der Waals surface area contributed by atoms with Crippen LogP contribution in [-0.4, -0.2) is 35.5 Å². The molecule has 0 radical (unpaired) electrons. The van der Waals surface area contributed by atoms with Crippen LogP contribution >= 0.6 is 0 Å². The van der Waals surface area contributed by atoms with Gasteiger partial charge in [0.15, 0.2) is 0 Å². The third-order valence-corrected chi connectivity index (χ3v) is 3.68. The van der Waals surface area contributed by atoms with Crippen molar-refractivity contribution in [2.45, 2.75) is 25.3 Å². The van der Waals surface area contributed by atoms with Gasteiger partial charge in [-0.05, 0) is 24.3 Å². The first-order valence-electron chi connectivity index (χ1n) is 7.53. The fourth-order valence-corrected chi connectivity index (χ4v) is 2.57. The summed E-state index contributed by atoms with van der Waals surface area (Å²) in [4.78, 5) is 10.5. The van der Waals surface area contributed by atoms with Crippen LogP contribution in [0.15, 0.2) is 42.9 Å². The molecule has 1 fully saturated rings. The van der Waals surface area contributed by atoms with Crippen molar-refractivity contribution in [3.63, 3.8) is 0 Å². The Morgan fingerprint density at radius 3 is 2.25 bits per heavy atom. The highest BCUT2D eigenvalue weighted by Crippen LogP contribution is 2.26. The van der Waals surface area contributed by atoms with Gasteiger partial charge in [-0.15, -0.1) is 13.2 Å². The van der Waals surface area contributed by atoms with Crippen molar-refractivity contribution in [2.24, 2.45) is 0 Å². The molecule has 24 heavy (non-hydrogen) atoms. The summed E-state index contributed by atoms with van der Waals surface area (Å²) < 4.78 is 46.0. The number of ether oxygens (including phenoxy) is 2. The summed E-state index contributed by atoms with van der Waals surface area (Å²) in [5.74, 6) is 1.11. The van der Waals surface area contributed by atoms with Gasteiger partial charge in [-0.1, -0.05) is 0 Å². The molecule has 8 heteroatoms. The molecule has 128 valence electrons. The van der Waals surface area contributed by atoms with Crippen LogP contribution in [-0.2, 0) is 0 Å². The normalized spacial score (nSPS) is 16.0. The number of halogens is 3. The molecule has 0 unspecified atom stereocenters. The first-order valence-corrected chi connectivity index (χ1v) is 7.53. The molecule has 0 bridgehead atoms.